The highest BCUT2D eigenvalue weighted by atomic mass is 16.5. The molecule has 0 spiro atoms. The van der Waals surface area contributed by atoms with Crippen LogP contribution in [0, 0.1) is 0 Å². The van der Waals surface area contributed by atoms with Gasteiger partial charge in [-0.1, -0.05) is 0 Å². The van der Waals surface area contributed by atoms with Gasteiger partial charge in [0.15, 0.2) is 0 Å². The van der Waals surface area contributed by atoms with Crippen LogP contribution in [-0.2, 0) is 11.3 Å². The number of anilines is 2. The SMILES string of the molecule is COCc1cc(=O)[nH]c(Nc2cc(OC)ccc2OC)n1. The summed E-state index contributed by atoms with van der Waals surface area (Å²) in [5.41, 5.74) is 0.904. The Hall–Kier alpha value is -2.54. The van der Waals surface area contributed by atoms with Crippen LogP contribution in [0.2, 0.25) is 0 Å². The summed E-state index contributed by atoms with van der Waals surface area (Å²) in [5, 5.41) is 3.01. The van der Waals surface area contributed by atoms with Gasteiger partial charge in [0.1, 0.15) is 11.5 Å². The highest BCUT2D eigenvalue weighted by molar-refractivity contribution is 5.64. The summed E-state index contributed by atoms with van der Waals surface area (Å²) in [6.07, 6.45) is 0. The molecule has 7 heteroatoms. The van der Waals surface area contributed by atoms with Crippen molar-refractivity contribution in [1.82, 2.24) is 9.97 Å². The van der Waals surface area contributed by atoms with Crippen molar-refractivity contribution in [3.8, 4) is 11.5 Å². The Bertz CT molecular complexity index is 670. The Kier molecular flexibility index (Phi) is 4.78. The van der Waals surface area contributed by atoms with Gasteiger partial charge in [-0.3, -0.25) is 9.78 Å². The van der Waals surface area contributed by atoms with Gasteiger partial charge in [0.25, 0.3) is 5.56 Å². The Balaban J connectivity index is 2.34. The molecule has 0 atom stereocenters. The van der Waals surface area contributed by atoms with Crippen LogP contribution < -0.4 is 20.3 Å². The van der Waals surface area contributed by atoms with Gasteiger partial charge in [0.05, 0.1) is 32.2 Å². The first-order chi connectivity index (χ1) is 10.2. The lowest BCUT2D eigenvalue weighted by molar-refractivity contribution is 0.181. The smallest absolute Gasteiger partial charge is 0.252 e. The van der Waals surface area contributed by atoms with Gasteiger partial charge in [0.2, 0.25) is 5.95 Å². The minimum Gasteiger partial charge on any atom is -0.497 e. The van der Waals surface area contributed by atoms with Gasteiger partial charge >= 0.3 is 0 Å². The third-order valence-corrected chi connectivity index (χ3v) is 2.75. The molecule has 112 valence electrons. The molecule has 2 aromatic rings. The van der Waals surface area contributed by atoms with Crippen LogP contribution >= 0.6 is 0 Å². The molecule has 0 saturated heterocycles. The Morgan fingerprint density at radius 1 is 1.19 bits per heavy atom. The summed E-state index contributed by atoms with van der Waals surface area (Å²) in [7, 11) is 4.68. The van der Waals surface area contributed by atoms with Crippen LogP contribution in [0.5, 0.6) is 11.5 Å². The lowest BCUT2D eigenvalue weighted by Crippen LogP contribution is -2.12. The summed E-state index contributed by atoms with van der Waals surface area (Å²) in [6, 6.07) is 6.68. The van der Waals surface area contributed by atoms with Crippen LogP contribution in [0.3, 0.4) is 0 Å². The normalized spacial score (nSPS) is 10.2. The molecule has 1 heterocycles. The largest absolute Gasteiger partial charge is 0.497 e. The maximum absolute atomic E-state index is 11.6. The summed E-state index contributed by atoms with van der Waals surface area (Å²) >= 11 is 0. The molecular formula is C14H17N3O4. The van der Waals surface area contributed by atoms with Crippen molar-refractivity contribution >= 4 is 11.6 Å². The van der Waals surface area contributed by atoms with Gasteiger partial charge in [0, 0.05) is 19.2 Å². The Morgan fingerprint density at radius 2 is 2.00 bits per heavy atom. The molecule has 0 fully saturated rings. The van der Waals surface area contributed by atoms with Crippen LogP contribution in [0.4, 0.5) is 11.6 Å². The first kappa shape index (κ1) is 14.9. The van der Waals surface area contributed by atoms with Crippen molar-refractivity contribution in [3.63, 3.8) is 0 Å². The minimum absolute atomic E-state index is 0.258. The number of H-pyrrole nitrogens is 1. The standard InChI is InChI=1S/C14H17N3O4/c1-19-8-9-6-13(18)17-14(15-9)16-11-7-10(20-2)4-5-12(11)21-3/h4-7H,8H2,1-3H3,(H2,15,16,17,18). The van der Waals surface area contributed by atoms with E-state index in [-0.39, 0.29) is 12.2 Å². The van der Waals surface area contributed by atoms with E-state index in [0.717, 1.165) is 0 Å². The average Bonchev–Trinajstić information content (AvgIpc) is 2.47. The number of benzene rings is 1. The van der Waals surface area contributed by atoms with Gasteiger partial charge in [-0.25, -0.2) is 4.98 Å². The summed E-state index contributed by atoms with van der Waals surface area (Å²) in [6.45, 7) is 0.258. The highest BCUT2D eigenvalue weighted by Crippen LogP contribution is 2.30. The monoisotopic (exact) mass is 291 g/mol. The molecule has 0 unspecified atom stereocenters. The summed E-state index contributed by atoms with van der Waals surface area (Å²) in [4.78, 5) is 18.5. The fourth-order valence-electron chi connectivity index (χ4n) is 1.83. The van der Waals surface area contributed by atoms with E-state index < -0.39 is 0 Å². The molecule has 0 aliphatic carbocycles. The molecule has 2 rings (SSSR count). The van der Waals surface area contributed by atoms with Crippen molar-refractivity contribution < 1.29 is 14.2 Å². The third-order valence-electron chi connectivity index (χ3n) is 2.75. The number of hydrogen-bond acceptors (Lipinski definition) is 6. The number of rotatable bonds is 6. The van der Waals surface area contributed by atoms with Crippen molar-refractivity contribution in [3.05, 3.63) is 40.3 Å². The molecule has 0 aliphatic heterocycles. The number of nitrogens with zero attached hydrogens (tertiary/aromatic N) is 1. The molecule has 2 N–H and O–H groups in total. The zero-order valence-corrected chi connectivity index (χ0v) is 12.1. The first-order valence-electron chi connectivity index (χ1n) is 6.24. The van der Waals surface area contributed by atoms with E-state index in [1.165, 1.54) is 6.07 Å². The van der Waals surface area contributed by atoms with Gasteiger partial charge in [-0.2, -0.15) is 0 Å². The molecule has 0 radical (unpaired) electrons. The molecule has 1 aromatic heterocycles. The molecule has 1 aromatic carbocycles. The number of methoxy groups -OCH3 is 3. The van der Waals surface area contributed by atoms with Crippen molar-refractivity contribution in [2.45, 2.75) is 6.61 Å². The number of nitrogens with one attached hydrogen (secondary N) is 2. The van der Waals surface area contributed by atoms with Crippen molar-refractivity contribution in [2.75, 3.05) is 26.6 Å². The lowest BCUT2D eigenvalue weighted by atomic mass is 10.2. The number of aromatic nitrogens is 2. The van der Waals surface area contributed by atoms with E-state index in [9.17, 15) is 4.79 Å². The van der Waals surface area contributed by atoms with Crippen molar-refractivity contribution in [2.24, 2.45) is 0 Å². The quantitative estimate of drug-likeness (QED) is 0.842. The van der Waals surface area contributed by atoms with E-state index in [2.05, 4.69) is 15.3 Å². The van der Waals surface area contributed by atoms with E-state index >= 15 is 0 Å². The maximum Gasteiger partial charge on any atom is 0.252 e. The molecule has 0 bridgehead atoms. The zero-order chi connectivity index (χ0) is 15.2. The molecule has 0 amide bonds. The minimum atomic E-state index is -0.263. The first-order valence-corrected chi connectivity index (χ1v) is 6.24. The average molecular weight is 291 g/mol. The number of hydrogen-bond donors (Lipinski definition) is 2. The van der Waals surface area contributed by atoms with E-state index in [0.29, 0.717) is 28.8 Å². The van der Waals surface area contributed by atoms with Gasteiger partial charge in [-0.15, -0.1) is 0 Å². The third kappa shape index (κ3) is 3.73. The second-order valence-electron chi connectivity index (χ2n) is 4.21. The predicted molar refractivity (Wildman–Crippen MR) is 78.4 cm³/mol. The predicted octanol–water partition coefficient (Wildman–Crippen LogP) is 1.68. The van der Waals surface area contributed by atoms with E-state index in [4.69, 9.17) is 14.2 Å². The number of aromatic amines is 1. The van der Waals surface area contributed by atoms with E-state index in [1.807, 2.05) is 0 Å². The van der Waals surface area contributed by atoms with Gasteiger partial charge in [-0.05, 0) is 12.1 Å². The topological polar surface area (TPSA) is 85.5 Å². The fraction of sp³-hybridized carbons (Fsp3) is 0.286. The van der Waals surface area contributed by atoms with Crippen LogP contribution in [0.25, 0.3) is 0 Å². The molecule has 21 heavy (non-hydrogen) atoms. The molecule has 7 nitrogen and oxygen atoms in total. The Labute approximate surface area is 121 Å². The van der Waals surface area contributed by atoms with Gasteiger partial charge < -0.3 is 19.5 Å². The summed E-state index contributed by atoms with van der Waals surface area (Å²) in [5.74, 6) is 1.57. The van der Waals surface area contributed by atoms with Crippen LogP contribution in [0.1, 0.15) is 5.69 Å². The highest BCUT2D eigenvalue weighted by Gasteiger charge is 2.08. The second-order valence-corrected chi connectivity index (χ2v) is 4.21. The maximum atomic E-state index is 11.6. The van der Waals surface area contributed by atoms with Crippen LogP contribution in [0.15, 0.2) is 29.1 Å². The Morgan fingerprint density at radius 3 is 2.67 bits per heavy atom. The summed E-state index contributed by atoms with van der Waals surface area (Å²) < 4.78 is 15.4. The number of ether oxygens (including phenoxy) is 3. The molecule has 0 aliphatic rings. The lowest BCUT2D eigenvalue weighted by Gasteiger charge is -2.12. The fourth-order valence-corrected chi connectivity index (χ4v) is 1.83. The zero-order valence-electron chi connectivity index (χ0n) is 12.1. The second kappa shape index (κ2) is 6.76. The molecule has 0 saturated carbocycles. The van der Waals surface area contributed by atoms with Crippen molar-refractivity contribution in [1.29, 1.82) is 0 Å². The van der Waals surface area contributed by atoms with E-state index in [1.54, 1.807) is 39.5 Å². The van der Waals surface area contributed by atoms with Crippen LogP contribution in [-0.4, -0.2) is 31.3 Å². The molecular weight excluding hydrogens is 274 g/mol.